The number of rotatable bonds is 5. The van der Waals surface area contributed by atoms with E-state index in [0.717, 1.165) is 11.0 Å². The number of carboxylic acids is 1. The van der Waals surface area contributed by atoms with Gasteiger partial charge in [0.15, 0.2) is 5.13 Å². The Morgan fingerprint density at radius 2 is 2.33 bits per heavy atom. The highest BCUT2D eigenvalue weighted by atomic mass is 32.1. The number of thiazole rings is 1. The molecule has 0 aromatic carbocycles. The summed E-state index contributed by atoms with van der Waals surface area (Å²) in [5.41, 5.74) is 0.652. The van der Waals surface area contributed by atoms with Crippen molar-refractivity contribution >= 4 is 22.4 Å². The third-order valence-corrected chi connectivity index (χ3v) is 4.45. The van der Waals surface area contributed by atoms with Crippen LogP contribution in [0.25, 0.3) is 0 Å². The minimum atomic E-state index is -0.823. The maximum atomic E-state index is 10.6. The maximum absolute atomic E-state index is 10.6. The van der Waals surface area contributed by atoms with Gasteiger partial charge in [-0.2, -0.15) is 0 Å². The van der Waals surface area contributed by atoms with Crippen LogP contribution in [-0.4, -0.2) is 22.1 Å². The van der Waals surface area contributed by atoms with Crippen LogP contribution in [0.2, 0.25) is 0 Å². The molecule has 2 atom stereocenters. The highest BCUT2D eigenvalue weighted by molar-refractivity contribution is 7.13. The molecule has 0 spiro atoms. The lowest BCUT2D eigenvalue weighted by atomic mass is 9.83. The number of hydrogen-bond donors (Lipinski definition) is 2. The van der Waals surface area contributed by atoms with Crippen LogP contribution < -0.4 is 5.32 Å². The van der Waals surface area contributed by atoms with E-state index in [1.807, 2.05) is 5.38 Å². The van der Waals surface area contributed by atoms with Crippen LogP contribution in [0.3, 0.4) is 0 Å². The summed E-state index contributed by atoms with van der Waals surface area (Å²) in [5.74, 6) is -0.0958. The lowest BCUT2D eigenvalue weighted by molar-refractivity contribution is -0.136. The lowest BCUT2D eigenvalue weighted by Gasteiger charge is -2.31. The summed E-state index contributed by atoms with van der Waals surface area (Å²) >= 11 is 1.51. The van der Waals surface area contributed by atoms with Gasteiger partial charge in [-0.25, -0.2) is 4.98 Å². The number of nitrogens with one attached hydrogen (secondary N) is 1. The maximum Gasteiger partial charge on any atom is 0.309 e. The molecule has 0 amide bonds. The van der Waals surface area contributed by atoms with Gasteiger partial charge in [0.05, 0.1) is 12.1 Å². The summed E-state index contributed by atoms with van der Waals surface area (Å²) in [7, 11) is 0. The summed E-state index contributed by atoms with van der Waals surface area (Å²) in [6.45, 7) is 2.24. The predicted octanol–water partition coefficient (Wildman–Crippen LogP) is 3.15. The van der Waals surface area contributed by atoms with Crippen molar-refractivity contribution in [2.45, 2.75) is 51.5 Å². The molecule has 1 aromatic rings. The average molecular weight is 268 g/mol. The first-order valence-corrected chi connectivity index (χ1v) is 7.49. The van der Waals surface area contributed by atoms with Gasteiger partial charge in [-0.3, -0.25) is 4.79 Å². The molecular formula is C13H20N2O2S. The average Bonchev–Trinajstić information content (AvgIpc) is 2.76. The first-order chi connectivity index (χ1) is 8.69. The number of aromatic nitrogens is 1. The second kappa shape index (κ2) is 6.18. The fraction of sp³-hybridized carbons (Fsp3) is 0.692. The van der Waals surface area contributed by atoms with Gasteiger partial charge in [-0.15, -0.1) is 11.3 Å². The van der Waals surface area contributed by atoms with Gasteiger partial charge in [-0.1, -0.05) is 26.2 Å². The molecule has 1 aliphatic rings. The van der Waals surface area contributed by atoms with Gasteiger partial charge in [0.1, 0.15) is 0 Å². The summed E-state index contributed by atoms with van der Waals surface area (Å²) in [4.78, 5) is 15.0. The van der Waals surface area contributed by atoms with E-state index in [4.69, 9.17) is 5.11 Å². The number of carbonyl (C=O) groups is 1. The van der Waals surface area contributed by atoms with E-state index in [1.165, 1.54) is 43.4 Å². The van der Waals surface area contributed by atoms with Crippen molar-refractivity contribution < 1.29 is 9.90 Å². The summed E-state index contributed by atoms with van der Waals surface area (Å²) in [5, 5.41) is 14.9. The number of hydrogen-bond acceptors (Lipinski definition) is 4. The molecular weight excluding hydrogens is 248 g/mol. The Balaban J connectivity index is 1.95. The van der Waals surface area contributed by atoms with Crippen LogP contribution in [0.15, 0.2) is 5.38 Å². The molecule has 0 saturated heterocycles. The molecule has 1 heterocycles. The van der Waals surface area contributed by atoms with Gasteiger partial charge in [0.25, 0.3) is 0 Å². The quantitative estimate of drug-likeness (QED) is 0.861. The number of nitrogens with zero attached hydrogens (tertiary/aromatic N) is 1. The molecule has 0 aliphatic heterocycles. The summed E-state index contributed by atoms with van der Waals surface area (Å²) in [6.07, 6.45) is 6.32. The molecule has 2 rings (SSSR count). The molecule has 0 bridgehead atoms. The Morgan fingerprint density at radius 1 is 1.56 bits per heavy atom. The fourth-order valence-electron chi connectivity index (χ4n) is 2.65. The fourth-order valence-corrected chi connectivity index (χ4v) is 3.43. The van der Waals surface area contributed by atoms with Gasteiger partial charge in [0, 0.05) is 11.4 Å². The predicted molar refractivity (Wildman–Crippen MR) is 73.1 cm³/mol. The van der Waals surface area contributed by atoms with E-state index in [2.05, 4.69) is 17.2 Å². The van der Waals surface area contributed by atoms with E-state index >= 15 is 0 Å². The third kappa shape index (κ3) is 3.45. The Morgan fingerprint density at radius 3 is 3.06 bits per heavy atom. The molecule has 0 radical (unpaired) electrons. The van der Waals surface area contributed by atoms with Crippen LogP contribution in [-0.2, 0) is 11.2 Å². The SMILES string of the molecule is CCC1CCCCC1Nc1nc(CC(=O)O)cs1. The molecule has 1 saturated carbocycles. The molecule has 1 aliphatic carbocycles. The third-order valence-electron chi connectivity index (χ3n) is 3.63. The first kappa shape index (κ1) is 13.3. The molecule has 4 nitrogen and oxygen atoms in total. The molecule has 1 fully saturated rings. The van der Waals surface area contributed by atoms with Crippen LogP contribution in [0.4, 0.5) is 5.13 Å². The summed E-state index contributed by atoms with van der Waals surface area (Å²) < 4.78 is 0. The van der Waals surface area contributed by atoms with Crippen LogP contribution in [0.5, 0.6) is 0 Å². The lowest BCUT2D eigenvalue weighted by Crippen LogP contribution is -2.31. The second-order valence-corrected chi connectivity index (χ2v) is 5.78. The normalized spacial score (nSPS) is 23.8. The number of carboxylic acid groups (broad SMARTS) is 1. The zero-order valence-electron chi connectivity index (χ0n) is 10.7. The number of anilines is 1. The highest BCUT2D eigenvalue weighted by Gasteiger charge is 2.24. The van der Waals surface area contributed by atoms with E-state index in [9.17, 15) is 4.79 Å². The Hall–Kier alpha value is -1.10. The van der Waals surface area contributed by atoms with Crippen molar-refractivity contribution in [3.63, 3.8) is 0 Å². The minimum absolute atomic E-state index is 0.0139. The minimum Gasteiger partial charge on any atom is -0.481 e. The Kier molecular flexibility index (Phi) is 4.58. The van der Waals surface area contributed by atoms with Crippen LogP contribution in [0, 0.1) is 5.92 Å². The van der Waals surface area contributed by atoms with Gasteiger partial charge in [0.2, 0.25) is 0 Å². The topological polar surface area (TPSA) is 62.2 Å². The van der Waals surface area contributed by atoms with E-state index in [-0.39, 0.29) is 6.42 Å². The van der Waals surface area contributed by atoms with Crippen molar-refractivity contribution in [1.29, 1.82) is 0 Å². The van der Waals surface area contributed by atoms with Gasteiger partial charge in [-0.05, 0) is 18.8 Å². The monoisotopic (exact) mass is 268 g/mol. The van der Waals surface area contributed by atoms with Crippen molar-refractivity contribution in [2.24, 2.45) is 5.92 Å². The molecule has 2 unspecified atom stereocenters. The van der Waals surface area contributed by atoms with Gasteiger partial charge < -0.3 is 10.4 Å². The van der Waals surface area contributed by atoms with Crippen molar-refractivity contribution in [3.05, 3.63) is 11.1 Å². The van der Waals surface area contributed by atoms with E-state index < -0.39 is 5.97 Å². The molecule has 18 heavy (non-hydrogen) atoms. The zero-order chi connectivity index (χ0) is 13.0. The second-order valence-electron chi connectivity index (χ2n) is 4.92. The van der Waals surface area contributed by atoms with Crippen molar-refractivity contribution in [2.75, 3.05) is 5.32 Å². The van der Waals surface area contributed by atoms with E-state index in [1.54, 1.807) is 0 Å². The summed E-state index contributed by atoms with van der Waals surface area (Å²) in [6, 6.07) is 0.507. The zero-order valence-corrected chi connectivity index (χ0v) is 11.5. The van der Waals surface area contributed by atoms with Crippen molar-refractivity contribution in [1.82, 2.24) is 4.98 Å². The Labute approximate surface area is 111 Å². The molecule has 100 valence electrons. The smallest absolute Gasteiger partial charge is 0.309 e. The largest absolute Gasteiger partial charge is 0.481 e. The van der Waals surface area contributed by atoms with Crippen LogP contribution in [0.1, 0.15) is 44.7 Å². The highest BCUT2D eigenvalue weighted by Crippen LogP contribution is 2.30. The Bertz CT molecular complexity index is 405. The van der Waals surface area contributed by atoms with Gasteiger partial charge >= 0.3 is 5.97 Å². The molecule has 5 heteroatoms. The molecule has 2 N–H and O–H groups in total. The number of aliphatic carboxylic acids is 1. The van der Waals surface area contributed by atoms with Crippen molar-refractivity contribution in [3.8, 4) is 0 Å². The first-order valence-electron chi connectivity index (χ1n) is 6.61. The molecule has 1 aromatic heterocycles. The van der Waals surface area contributed by atoms with E-state index in [0.29, 0.717) is 11.7 Å². The van der Waals surface area contributed by atoms with Crippen LogP contribution >= 0.6 is 11.3 Å². The standard InChI is InChI=1S/C13H20N2O2S/c1-2-9-5-3-4-6-11(9)15-13-14-10(8-18-13)7-12(16)17/h8-9,11H,2-7H2,1H3,(H,14,15)(H,16,17).